The molecule has 0 spiro atoms. The molecule has 6 nitrogen and oxygen atoms in total. The maximum atomic E-state index is 12.9. The highest BCUT2D eigenvalue weighted by atomic mass is 32.2. The molecule has 0 saturated heterocycles. The molecule has 3 aromatic rings. The van der Waals surface area contributed by atoms with Gasteiger partial charge in [-0.05, 0) is 67.8 Å². The monoisotopic (exact) mass is 462 g/mol. The smallest absolute Gasteiger partial charge is 0.336 e. The van der Waals surface area contributed by atoms with Gasteiger partial charge in [0, 0.05) is 16.3 Å². The Morgan fingerprint density at radius 1 is 0.909 bits per heavy atom. The molecule has 3 rings (SSSR count). The van der Waals surface area contributed by atoms with Crippen LogP contribution >= 0.6 is 11.8 Å². The van der Waals surface area contributed by atoms with E-state index < -0.39 is 11.9 Å². The molecule has 0 aliphatic carbocycles. The zero-order valence-electron chi connectivity index (χ0n) is 18.7. The van der Waals surface area contributed by atoms with Gasteiger partial charge in [0.2, 0.25) is 5.91 Å². The number of hydrogen-bond acceptors (Lipinski definition) is 4. The molecule has 0 aliphatic heterocycles. The molecule has 3 aromatic carbocycles. The molecular formula is C26H26N2O4S. The number of carbonyl (C=O) groups is 3. The van der Waals surface area contributed by atoms with Gasteiger partial charge >= 0.3 is 5.97 Å². The van der Waals surface area contributed by atoms with Crippen molar-refractivity contribution in [2.24, 2.45) is 0 Å². The van der Waals surface area contributed by atoms with Gasteiger partial charge in [0.15, 0.2) is 0 Å². The van der Waals surface area contributed by atoms with Crippen LogP contribution in [0.4, 0.5) is 11.4 Å². The van der Waals surface area contributed by atoms with E-state index in [0.717, 1.165) is 21.7 Å². The largest absolute Gasteiger partial charge is 0.478 e. The Morgan fingerprint density at radius 3 is 2.33 bits per heavy atom. The maximum absolute atomic E-state index is 12.9. The summed E-state index contributed by atoms with van der Waals surface area (Å²) >= 11 is 1.41. The fourth-order valence-corrected chi connectivity index (χ4v) is 4.30. The second kappa shape index (κ2) is 10.8. The summed E-state index contributed by atoms with van der Waals surface area (Å²) in [5.41, 5.74) is 3.42. The summed E-state index contributed by atoms with van der Waals surface area (Å²) in [5.74, 6) is -1.75. The number of aryl methyl sites for hydroxylation is 2. The molecule has 2 amide bonds. The van der Waals surface area contributed by atoms with Crippen LogP contribution in [0.25, 0.3) is 0 Å². The average Bonchev–Trinajstić information content (AvgIpc) is 2.80. The van der Waals surface area contributed by atoms with E-state index in [1.165, 1.54) is 23.9 Å². The van der Waals surface area contributed by atoms with Gasteiger partial charge in [-0.15, -0.1) is 11.8 Å². The van der Waals surface area contributed by atoms with Crippen LogP contribution in [0.15, 0.2) is 71.6 Å². The van der Waals surface area contributed by atoms with Crippen molar-refractivity contribution in [3.8, 4) is 0 Å². The van der Waals surface area contributed by atoms with Gasteiger partial charge in [-0.25, -0.2) is 4.79 Å². The number of carboxylic acids is 1. The van der Waals surface area contributed by atoms with E-state index in [9.17, 15) is 19.5 Å². The van der Waals surface area contributed by atoms with Crippen LogP contribution in [0, 0.1) is 13.8 Å². The number of benzene rings is 3. The summed E-state index contributed by atoms with van der Waals surface area (Å²) in [4.78, 5) is 37.8. The highest BCUT2D eigenvalue weighted by Gasteiger charge is 2.20. The minimum Gasteiger partial charge on any atom is -0.478 e. The fraction of sp³-hybridized carbons (Fsp3) is 0.192. The summed E-state index contributed by atoms with van der Waals surface area (Å²) in [6, 6.07) is 19.2. The third-order valence-corrected chi connectivity index (χ3v) is 6.44. The quantitative estimate of drug-likeness (QED) is 0.370. The van der Waals surface area contributed by atoms with Crippen molar-refractivity contribution in [2.45, 2.75) is 37.3 Å². The van der Waals surface area contributed by atoms with Crippen LogP contribution < -0.4 is 10.6 Å². The van der Waals surface area contributed by atoms with E-state index in [1.807, 2.05) is 45.0 Å². The molecule has 0 saturated carbocycles. The predicted octanol–water partition coefficient (Wildman–Crippen LogP) is 5.76. The Bertz CT molecular complexity index is 1190. The molecule has 33 heavy (non-hydrogen) atoms. The molecule has 0 aromatic heterocycles. The number of rotatable bonds is 8. The molecule has 0 bridgehead atoms. The number of amides is 2. The van der Waals surface area contributed by atoms with Crippen LogP contribution in [-0.4, -0.2) is 28.1 Å². The summed E-state index contributed by atoms with van der Waals surface area (Å²) < 4.78 is 0. The van der Waals surface area contributed by atoms with Crippen LogP contribution in [0.3, 0.4) is 0 Å². The summed E-state index contributed by atoms with van der Waals surface area (Å²) in [5, 5.41) is 14.8. The lowest BCUT2D eigenvalue weighted by atomic mass is 10.1. The first-order valence-electron chi connectivity index (χ1n) is 10.6. The standard InChI is InChI=1S/C26H26N2O4S/c1-4-23(25(30)28-22-14-16(2)12-13-17(22)3)33-19-9-7-8-18(15-19)27-24(29)20-10-5-6-11-21(20)26(31)32/h5-15,23H,4H2,1-3H3,(H,27,29)(H,28,30)(H,31,32). The van der Waals surface area contributed by atoms with E-state index >= 15 is 0 Å². The molecule has 170 valence electrons. The van der Waals surface area contributed by atoms with Gasteiger partial charge in [-0.3, -0.25) is 9.59 Å². The van der Waals surface area contributed by atoms with Crippen LogP contribution in [-0.2, 0) is 4.79 Å². The van der Waals surface area contributed by atoms with E-state index in [0.29, 0.717) is 12.1 Å². The Morgan fingerprint density at radius 2 is 1.64 bits per heavy atom. The number of carboxylic acid groups (broad SMARTS) is 1. The molecule has 7 heteroatoms. The predicted molar refractivity (Wildman–Crippen MR) is 132 cm³/mol. The second-order valence-electron chi connectivity index (χ2n) is 7.66. The topological polar surface area (TPSA) is 95.5 Å². The zero-order chi connectivity index (χ0) is 24.0. The third-order valence-electron chi connectivity index (χ3n) is 5.09. The lowest BCUT2D eigenvalue weighted by Gasteiger charge is -2.17. The van der Waals surface area contributed by atoms with E-state index in [4.69, 9.17) is 0 Å². The second-order valence-corrected chi connectivity index (χ2v) is 8.93. The summed E-state index contributed by atoms with van der Waals surface area (Å²) in [7, 11) is 0. The van der Waals surface area contributed by atoms with Crippen LogP contribution in [0.1, 0.15) is 45.2 Å². The van der Waals surface area contributed by atoms with E-state index in [1.54, 1.807) is 30.3 Å². The molecular weight excluding hydrogens is 436 g/mol. The number of aromatic carboxylic acids is 1. The zero-order valence-corrected chi connectivity index (χ0v) is 19.5. The van der Waals surface area contributed by atoms with Crippen molar-refractivity contribution in [3.63, 3.8) is 0 Å². The van der Waals surface area contributed by atoms with Gasteiger partial charge in [0.05, 0.1) is 16.4 Å². The Hall–Kier alpha value is -3.58. The lowest BCUT2D eigenvalue weighted by Crippen LogP contribution is -2.25. The lowest BCUT2D eigenvalue weighted by molar-refractivity contribution is -0.115. The van der Waals surface area contributed by atoms with E-state index in [2.05, 4.69) is 10.6 Å². The number of hydrogen-bond donors (Lipinski definition) is 3. The van der Waals surface area contributed by atoms with E-state index in [-0.39, 0.29) is 22.3 Å². The van der Waals surface area contributed by atoms with Crippen molar-refractivity contribution in [1.29, 1.82) is 0 Å². The number of anilines is 2. The van der Waals surface area contributed by atoms with Gasteiger partial charge < -0.3 is 15.7 Å². The highest BCUT2D eigenvalue weighted by molar-refractivity contribution is 8.00. The Balaban J connectivity index is 1.72. The normalized spacial score (nSPS) is 11.5. The molecule has 1 atom stereocenters. The minimum atomic E-state index is -1.16. The number of carbonyl (C=O) groups excluding carboxylic acids is 2. The average molecular weight is 463 g/mol. The first-order valence-corrected chi connectivity index (χ1v) is 11.4. The Kier molecular flexibility index (Phi) is 7.90. The van der Waals surface area contributed by atoms with Gasteiger partial charge in [0.1, 0.15) is 0 Å². The van der Waals surface area contributed by atoms with Crippen molar-refractivity contribution in [1.82, 2.24) is 0 Å². The first kappa shape index (κ1) is 24.1. The minimum absolute atomic E-state index is 0.0605. The molecule has 0 fully saturated rings. The highest BCUT2D eigenvalue weighted by Crippen LogP contribution is 2.29. The molecule has 3 N–H and O–H groups in total. The van der Waals surface area contributed by atoms with Crippen LogP contribution in [0.2, 0.25) is 0 Å². The summed E-state index contributed by atoms with van der Waals surface area (Å²) in [6.07, 6.45) is 0.629. The van der Waals surface area contributed by atoms with Crippen molar-refractivity contribution >= 4 is 40.9 Å². The molecule has 0 heterocycles. The summed E-state index contributed by atoms with van der Waals surface area (Å²) in [6.45, 7) is 5.89. The number of thioether (sulfide) groups is 1. The number of nitrogens with one attached hydrogen (secondary N) is 2. The van der Waals surface area contributed by atoms with Gasteiger partial charge in [0.25, 0.3) is 5.91 Å². The molecule has 0 radical (unpaired) electrons. The molecule has 0 aliphatic rings. The maximum Gasteiger partial charge on any atom is 0.336 e. The SMILES string of the molecule is CCC(Sc1cccc(NC(=O)c2ccccc2C(=O)O)c1)C(=O)Nc1cc(C)ccc1C. The molecule has 1 unspecified atom stereocenters. The van der Waals surface area contributed by atoms with Gasteiger partial charge in [-0.1, -0.05) is 37.3 Å². The van der Waals surface area contributed by atoms with Crippen molar-refractivity contribution in [2.75, 3.05) is 10.6 Å². The van der Waals surface area contributed by atoms with Crippen LogP contribution in [0.5, 0.6) is 0 Å². The first-order chi connectivity index (χ1) is 15.8. The Labute approximate surface area is 197 Å². The van der Waals surface area contributed by atoms with Crippen molar-refractivity contribution in [3.05, 3.63) is 89.0 Å². The fourth-order valence-electron chi connectivity index (χ4n) is 3.28. The van der Waals surface area contributed by atoms with Gasteiger partial charge in [-0.2, -0.15) is 0 Å². The van der Waals surface area contributed by atoms with Crippen molar-refractivity contribution < 1.29 is 19.5 Å². The third kappa shape index (κ3) is 6.23.